The fourth-order valence-corrected chi connectivity index (χ4v) is 3.08. The van der Waals surface area contributed by atoms with Crippen molar-refractivity contribution in [2.45, 2.75) is 26.3 Å². The Morgan fingerprint density at radius 3 is 2.47 bits per heavy atom. The second-order valence-electron chi connectivity index (χ2n) is 6.58. The molecule has 0 saturated heterocycles. The van der Waals surface area contributed by atoms with Gasteiger partial charge in [0.2, 0.25) is 5.91 Å². The van der Waals surface area contributed by atoms with Gasteiger partial charge in [-0.05, 0) is 43.7 Å². The van der Waals surface area contributed by atoms with Crippen LogP contribution in [-0.2, 0) is 11.3 Å². The lowest BCUT2D eigenvalue weighted by molar-refractivity contribution is -0.116. The average molecular weight is 411 g/mol. The minimum absolute atomic E-state index is 0.118. The lowest BCUT2D eigenvalue weighted by Gasteiger charge is -2.11. The molecule has 0 fully saturated rings. The first kappa shape index (κ1) is 21.2. The second kappa shape index (κ2) is 9.78. The molecule has 3 rings (SSSR count). The van der Waals surface area contributed by atoms with Crippen LogP contribution in [0.25, 0.3) is 10.9 Å². The number of hydrogen-bond donors (Lipinski definition) is 1. The predicted molar refractivity (Wildman–Crippen MR) is 115 cm³/mol. The molecule has 1 amide bonds. The molecule has 0 bridgehead atoms. The van der Waals surface area contributed by atoms with Crippen molar-refractivity contribution < 1.29 is 19.0 Å². The Morgan fingerprint density at radius 2 is 1.80 bits per heavy atom. The van der Waals surface area contributed by atoms with Crippen LogP contribution in [0.5, 0.6) is 17.2 Å². The molecule has 2 aromatic carbocycles. The Morgan fingerprint density at radius 1 is 1.10 bits per heavy atom. The Kier molecular flexibility index (Phi) is 6.90. The first-order valence-electron chi connectivity index (χ1n) is 9.69. The third-order valence-electron chi connectivity index (χ3n) is 4.58. The van der Waals surface area contributed by atoms with Gasteiger partial charge in [0.25, 0.3) is 5.56 Å². The molecule has 1 N–H and O–H groups in total. The third-order valence-corrected chi connectivity index (χ3v) is 4.58. The summed E-state index contributed by atoms with van der Waals surface area (Å²) in [5.41, 5.74) is 1.05. The summed E-state index contributed by atoms with van der Waals surface area (Å²) < 4.78 is 17.4. The highest BCUT2D eigenvalue weighted by Gasteiger charge is 2.11. The van der Waals surface area contributed by atoms with E-state index in [1.54, 1.807) is 24.3 Å². The van der Waals surface area contributed by atoms with Gasteiger partial charge in [-0.1, -0.05) is 0 Å². The number of fused-ring (bicyclic) bond motifs is 1. The van der Waals surface area contributed by atoms with Gasteiger partial charge in [0.05, 0.1) is 38.1 Å². The van der Waals surface area contributed by atoms with Crippen LogP contribution in [0, 0.1) is 0 Å². The number of nitrogens with one attached hydrogen (secondary N) is 1. The van der Waals surface area contributed by atoms with Crippen LogP contribution < -0.4 is 25.1 Å². The molecule has 8 nitrogen and oxygen atoms in total. The first-order chi connectivity index (χ1) is 14.5. The molecular weight excluding hydrogens is 386 g/mol. The molecule has 1 aromatic heterocycles. The predicted octanol–water partition coefficient (Wildman–Crippen LogP) is 3.23. The van der Waals surface area contributed by atoms with Crippen LogP contribution in [0.3, 0.4) is 0 Å². The van der Waals surface area contributed by atoms with E-state index in [-0.39, 0.29) is 17.9 Å². The van der Waals surface area contributed by atoms with Crippen molar-refractivity contribution >= 4 is 22.5 Å². The summed E-state index contributed by atoms with van der Waals surface area (Å²) in [6.45, 7) is 2.89. The van der Waals surface area contributed by atoms with Crippen LogP contribution in [0.2, 0.25) is 0 Å². The van der Waals surface area contributed by atoms with Gasteiger partial charge in [0.1, 0.15) is 5.75 Å². The number of amides is 1. The van der Waals surface area contributed by atoms with E-state index in [4.69, 9.17) is 14.2 Å². The van der Waals surface area contributed by atoms with Crippen molar-refractivity contribution in [2.75, 3.05) is 26.1 Å². The summed E-state index contributed by atoms with van der Waals surface area (Å²) in [4.78, 5) is 29.3. The fourth-order valence-electron chi connectivity index (χ4n) is 3.08. The van der Waals surface area contributed by atoms with Gasteiger partial charge in [-0.2, -0.15) is 0 Å². The maximum atomic E-state index is 12.8. The quantitative estimate of drug-likeness (QED) is 0.581. The van der Waals surface area contributed by atoms with Gasteiger partial charge in [0.15, 0.2) is 11.5 Å². The number of hydrogen-bond acceptors (Lipinski definition) is 6. The summed E-state index contributed by atoms with van der Waals surface area (Å²) in [7, 11) is 3.05. The van der Waals surface area contributed by atoms with E-state index < -0.39 is 0 Å². The standard InChI is InChI=1S/C22H25N3O5/c1-4-30-16-9-7-15(8-10-16)24-21(26)6-5-11-25-14-23-18-13-20(29-3)19(28-2)12-17(18)22(25)27/h7-10,12-14H,4-6,11H2,1-3H3,(H,24,26). The van der Waals surface area contributed by atoms with E-state index in [0.717, 1.165) is 5.75 Å². The first-order valence-corrected chi connectivity index (χ1v) is 9.69. The minimum Gasteiger partial charge on any atom is -0.494 e. The number of aromatic nitrogens is 2. The fraction of sp³-hybridized carbons (Fsp3) is 0.318. The monoisotopic (exact) mass is 411 g/mol. The number of carbonyl (C=O) groups is 1. The highest BCUT2D eigenvalue weighted by Crippen LogP contribution is 2.29. The Bertz CT molecular complexity index is 1080. The number of benzene rings is 2. The lowest BCUT2D eigenvalue weighted by atomic mass is 10.2. The number of anilines is 1. The van der Waals surface area contributed by atoms with E-state index in [2.05, 4.69) is 10.3 Å². The van der Waals surface area contributed by atoms with Crippen molar-refractivity contribution in [3.63, 3.8) is 0 Å². The molecular formula is C22H25N3O5. The smallest absolute Gasteiger partial charge is 0.261 e. The largest absolute Gasteiger partial charge is 0.494 e. The zero-order chi connectivity index (χ0) is 21.5. The van der Waals surface area contributed by atoms with Crippen LogP contribution in [0.4, 0.5) is 5.69 Å². The van der Waals surface area contributed by atoms with Gasteiger partial charge in [-0.15, -0.1) is 0 Å². The van der Waals surface area contributed by atoms with Gasteiger partial charge < -0.3 is 19.5 Å². The highest BCUT2D eigenvalue weighted by molar-refractivity contribution is 5.90. The van der Waals surface area contributed by atoms with E-state index in [1.807, 2.05) is 19.1 Å². The normalized spacial score (nSPS) is 10.6. The topological polar surface area (TPSA) is 91.7 Å². The molecule has 0 atom stereocenters. The van der Waals surface area contributed by atoms with Crippen LogP contribution in [0.1, 0.15) is 19.8 Å². The summed E-state index contributed by atoms with van der Waals surface area (Å²) in [5, 5.41) is 3.28. The molecule has 0 aliphatic carbocycles. The van der Waals surface area contributed by atoms with Crippen LogP contribution in [0.15, 0.2) is 47.5 Å². The number of carbonyl (C=O) groups excluding carboxylic acids is 1. The maximum Gasteiger partial charge on any atom is 0.261 e. The molecule has 0 saturated carbocycles. The van der Waals surface area contributed by atoms with Crippen molar-refractivity contribution in [1.29, 1.82) is 0 Å². The van der Waals surface area contributed by atoms with E-state index >= 15 is 0 Å². The molecule has 0 unspecified atom stereocenters. The number of rotatable bonds is 9. The summed E-state index contributed by atoms with van der Waals surface area (Å²) >= 11 is 0. The van der Waals surface area contributed by atoms with Crippen LogP contribution >= 0.6 is 0 Å². The van der Waals surface area contributed by atoms with Gasteiger partial charge in [-0.25, -0.2) is 4.98 Å². The second-order valence-corrected chi connectivity index (χ2v) is 6.58. The Balaban J connectivity index is 1.62. The third kappa shape index (κ3) is 4.89. The van der Waals surface area contributed by atoms with Crippen molar-refractivity contribution in [3.8, 4) is 17.2 Å². The maximum absolute atomic E-state index is 12.8. The van der Waals surface area contributed by atoms with Gasteiger partial charge in [0, 0.05) is 24.7 Å². The van der Waals surface area contributed by atoms with E-state index in [1.165, 1.54) is 25.1 Å². The zero-order valence-corrected chi connectivity index (χ0v) is 17.3. The molecule has 8 heteroatoms. The molecule has 3 aromatic rings. The molecule has 30 heavy (non-hydrogen) atoms. The van der Waals surface area contributed by atoms with Crippen molar-refractivity contribution in [3.05, 3.63) is 53.1 Å². The van der Waals surface area contributed by atoms with E-state index in [9.17, 15) is 9.59 Å². The highest BCUT2D eigenvalue weighted by atomic mass is 16.5. The average Bonchev–Trinajstić information content (AvgIpc) is 2.76. The Labute approximate surface area is 174 Å². The number of methoxy groups -OCH3 is 2. The molecule has 0 radical (unpaired) electrons. The number of ether oxygens (including phenoxy) is 3. The number of aryl methyl sites for hydroxylation is 1. The molecule has 1 heterocycles. The Hall–Kier alpha value is -3.55. The molecule has 0 aliphatic rings. The SMILES string of the molecule is CCOc1ccc(NC(=O)CCCn2cnc3cc(OC)c(OC)cc3c2=O)cc1. The summed E-state index contributed by atoms with van der Waals surface area (Å²) in [5.74, 6) is 1.62. The molecule has 0 spiro atoms. The number of nitrogens with zero attached hydrogens (tertiary/aromatic N) is 2. The minimum atomic E-state index is -0.187. The zero-order valence-electron chi connectivity index (χ0n) is 17.3. The summed E-state index contributed by atoms with van der Waals surface area (Å²) in [6.07, 6.45) is 2.27. The molecule has 0 aliphatic heterocycles. The lowest BCUT2D eigenvalue weighted by Crippen LogP contribution is -2.22. The van der Waals surface area contributed by atoms with Gasteiger partial charge >= 0.3 is 0 Å². The van der Waals surface area contributed by atoms with Crippen molar-refractivity contribution in [1.82, 2.24) is 9.55 Å². The van der Waals surface area contributed by atoms with Gasteiger partial charge in [-0.3, -0.25) is 14.2 Å². The van der Waals surface area contributed by atoms with Crippen LogP contribution in [-0.4, -0.2) is 36.3 Å². The van der Waals surface area contributed by atoms with Crippen molar-refractivity contribution in [2.24, 2.45) is 0 Å². The van der Waals surface area contributed by atoms with E-state index in [0.29, 0.717) is 47.7 Å². The molecule has 158 valence electrons. The summed E-state index contributed by atoms with van der Waals surface area (Å²) in [6, 6.07) is 10.5.